The molecule has 0 saturated carbocycles. The quantitative estimate of drug-likeness (QED) is 0.409. The average molecular weight is 480 g/mol. The third-order valence-corrected chi connectivity index (χ3v) is 5.36. The van der Waals surface area contributed by atoms with E-state index >= 15 is 0 Å². The number of nitrogens with zero attached hydrogens (tertiary/aromatic N) is 2. The number of esters is 2. The van der Waals surface area contributed by atoms with Crippen LogP contribution < -0.4 is 4.74 Å². The number of amides is 4. The number of imide groups is 2. The number of carbonyl (C=O) groups is 6. The molecule has 180 valence electrons. The zero-order valence-electron chi connectivity index (χ0n) is 18.9. The summed E-state index contributed by atoms with van der Waals surface area (Å²) in [6.45, 7) is 2.10. The Kier molecular flexibility index (Phi) is 6.32. The minimum Gasteiger partial charge on any atom is -0.464 e. The highest BCUT2D eigenvalue weighted by Crippen LogP contribution is 2.32. The van der Waals surface area contributed by atoms with Gasteiger partial charge in [-0.3, -0.25) is 38.6 Å². The number of fused-ring (bicyclic) bond motifs is 2. The third kappa shape index (κ3) is 4.60. The highest BCUT2D eigenvalue weighted by molar-refractivity contribution is 6.22. The molecule has 0 bridgehead atoms. The van der Waals surface area contributed by atoms with Crippen molar-refractivity contribution in [1.82, 2.24) is 9.80 Å². The lowest BCUT2D eigenvalue weighted by Crippen LogP contribution is -2.33. The van der Waals surface area contributed by atoms with Gasteiger partial charge in [-0.2, -0.15) is 0 Å². The third-order valence-electron chi connectivity index (χ3n) is 5.36. The monoisotopic (exact) mass is 480 g/mol. The summed E-state index contributed by atoms with van der Waals surface area (Å²) in [6.07, 6.45) is 0. The lowest BCUT2D eigenvalue weighted by molar-refractivity contribution is -0.142. The van der Waals surface area contributed by atoms with Gasteiger partial charge >= 0.3 is 11.9 Å². The normalized spacial score (nSPS) is 14.2. The zero-order chi connectivity index (χ0) is 25.3. The molecule has 0 saturated heterocycles. The summed E-state index contributed by atoms with van der Waals surface area (Å²) in [7, 11) is 0. The second kappa shape index (κ2) is 9.37. The van der Waals surface area contributed by atoms with Gasteiger partial charge in [0, 0.05) is 13.8 Å². The van der Waals surface area contributed by atoms with E-state index in [1.54, 1.807) is 0 Å². The van der Waals surface area contributed by atoms with Gasteiger partial charge in [-0.15, -0.1) is 0 Å². The Hall–Kier alpha value is -4.54. The molecule has 4 amide bonds. The fraction of sp³-hybridized carbons (Fsp3) is 0.250. The second-order valence-corrected chi connectivity index (χ2v) is 7.72. The van der Waals surface area contributed by atoms with E-state index in [4.69, 9.17) is 14.2 Å². The summed E-state index contributed by atoms with van der Waals surface area (Å²) < 4.78 is 15.4. The minimum absolute atomic E-state index is 0.0724. The van der Waals surface area contributed by atoms with Gasteiger partial charge in [0.15, 0.2) is 0 Å². The van der Waals surface area contributed by atoms with Gasteiger partial charge in [-0.25, -0.2) is 0 Å². The Bertz CT molecular complexity index is 1190. The number of rotatable bonds is 8. The maximum atomic E-state index is 12.7. The van der Waals surface area contributed by atoms with Gasteiger partial charge in [0.05, 0.1) is 35.3 Å². The van der Waals surface area contributed by atoms with E-state index in [1.165, 1.54) is 50.2 Å². The smallest absolute Gasteiger partial charge is 0.302 e. The van der Waals surface area contributed by atoms with Crippen molar-refractivity contribution in [3.63, 3.8) is 0 Å². The molecule has 2 heterocycles. The largest absolute Gasteiger partial charge is 0.464 e. The summed E-state index contributed by atoms with van der Waals surface area (Å²) in [4.78, 5) is 74.2. The van der Waals surface area contributed by atoms with Gasteiger partial charge in [0.1, 0.15) is 24.7 Å². The molecule has 11 nitrogen and oxygen atoms in total. The van der Waals surface area contributed by atoms with Crippen molar-refractivity contribution in [1.29, 1.82) is 0 Å². The molecule has 2 aliphatic heterocycles. The zero-order valence-corrected chi connectivity index (χ0v) is 18.9. The molecule has 2 aliphatic rings. The SMILES string of the molecule is CC(=O)OCCN1C(=O)c2ccc(Oc3ccc4c(c3)C(=O)N(CCOC(C)=O)C4=O)cc2C1=O. The van der Waals surface area contributed by atoms with Crippen LogP contribution >= 0.6 is 0 Å². The molecule has 0 aliphatic carbocycles. The molecule has 0 atom stereocenters. The van der Waals surface area contributed by atoms with Crippen LogP contribution in [0.1, 0.15) is 55.3 Å². The molecule has 0 radical (unpaired) electrons. The molecular weight excluding hydrogens is 460 g/mol. The van der Waals surface area contributed by atoms with Gasteiger partial charge in [-0.1, -0.05) is 0 Å². The van der Waals surface area contributed by atoms with Gasteiger partial charge in [0.2, 0.25) is 0 Å². The van der Waals surface area contributed by atoms with Crippen LogP contribution in [0.4, 0.5) is 0 Å². The van der Waals surface area contributed by atoms with E-state index in [2.05, 4.69) is 0 Å². The highest BCUT2D eigenvalue weighted by atomic mass is 16.5. The predicted molar refractivity (Wildman–Crippen MR) is 117 cm³/mol. The molecule has 0 N–H and O–H groups in total. The first-order valence-electron chi connectivity index (χ1n) is 10.6. The van der Waals surface area contributed by atoms with E-state index in [9.17, 15) is 28.8 Å². The first kappa shape index (κ1) is 23.6. The van der Waals surface area contributed by atoms with Crippen molar-refractivity contribution in [2.45, 2.75) is 13.8 Å². The molecule has 0 spiro atoms. The topological polar surface area (TPSA) is 137 Å². The predicted octanol–water partition coefficient (Wildman–Crippen LogP) is 1.80. The van der Waals surface area contributed by atoms with Crippen LogP contribution in [0, 0.1) is 0 Å². The van der Waals surface area contributed by atoms with Gasteiger partial charge < -0.3 is 14.2 Å². The molecule has 35 heavy (non-hydrogen) atoms. The van der Waals surface area contributed by atoms with Gasteiger partial charge in [-0.05, 0) is 36.4 Å². The highest BCUT2D eigenvalue weighted by Gasteiger charge is 2.37. The maximum absolute atomic E-state index is 12.7. The van der Waals surface area contributed by atoms with Crippen molar-refractivity contribution < 1.29 is 43.0 Å². The van der Waals surface area contributed by atoms with Crippen LogP contribution in [0.5, 0.6) is 11.5 Å². The number of hydrogen-bond acceptors (Lipinski definition) is 9. The van der Waals surface area contributed by atoms with Crippen LogP contribution in [0.3, 0.4) is 0 Å². The van der Waals surface area contributed by atoms with Crippen molar-refractivity contribution in [3.05, 3.63) is 58.7 Å². The van der Waals surface area contributed by atoms with E-state index in [0.29, 0.717) is 0 Å². The number of ether oxygens (including phenoxy) is 3. The number of carbonyl (C=O) groups excluding carboxylic acids is 6. The summed E-state index contributed by atoms with van der Waals surface area (Å²) in [5.74, 6) is -2.62. The summed E-state index contributed by atoms with van der Waals surface area (Å²) in [6, 6.07) is 8.74. The van der Waals surface area contributed by atoms with E-state index in [1.807, 2.05) is 0 Å². The fourth-order valence-electron chi connectivity index (χ4n) is 3.77. The lowest BCUT2D eigenvalue weighted by Gasteiger charge is -2.13. The Balaban J connectivity index is 1.48. The Morgan fingerprint density at radius 1 is 0.629 bits per heavy atom. The van der Waals surface area contributed by atoms with E-state index in [0.717, 1.165) is 9.80 Å². The Morgan fingerprint density at radius 2 is 1.00 bits per heavy atom. The molecule has 0 unspecified atom stereocenters. The van der Waals surface area contributed by atoms with E-state index < -0.39 is 35.6 Å². The molecule has 2 aromatic rings. The van der Waals surface area contributed by atoms with E-state index in [-0.39, 0.29) is 60.1 Å². The number of hydrogen-bond donors (Lipinski definition) is 0. The lowest BCUT2D eigenvalue weighted by atomic mass is 10.1. The fourth-order valence-corrected chi connectivity index (χ4v) is 3.77. The minimum atomic E-state index is -0.541. The molecule has 0 fully saturated rings. The van der Waals surface area contributed by atoms with Crippen LogP contribution in [0.2, 0.25) is 0 Å². The van der Waals surface area contributed by atoms with Gasteiger partial charge in [0.25, 0.3) is 23.6 Å². The summed E-state index contributed by atoms with van der Waals surface area (Å²) in [5.41, 5.74) is 0.672. The van der Waals surface area contributed by atoms with Crippen molar-refractivity contribution in [3.8, 4) is 11.5 Å². The summed E-state index contributed by atoms with van der Waals surface area (Å²) >= 11 is 0. The van der Waals surface area contributed by atoms with Crippen LogP contribution in [-0.4, -0.2) is 71.7 Å². The first-order valence-corrected chi connectivity index (χ1v) is 10.6. The van der Waals surface area contributed by atoms with Crippen LogP contribution in [-0.2, 0) is 19.1 Å². The second-order valence-electron chi connectivity index (χ2n) is 7.72. The molecule has 0 aromatic heterocycles. The standard InChI is InChI=1S/C24H20N2O9/c1-13(27)33-9-7-25-21(29)17-5-3-15(11-19(17)23(25)31)35-16-4-6-18-20(12-16)24(32)26(22(18)30)8-10-34-14(2)28/h3-6,11-12H,7-10H2,1-2H3. The van der Waals surface area contributed by atoms with Crippen LogP contribution in [0.25, 0.3) is 0 Å². The molecule has 4 rings (SSSR count). The van der Waals surface area contributed by atoms with Crippen molar-refractivity contribution >= 4 is 35.6 Å². The molecule has 2 aromatic carbocycles. The van der Waals surface area contributed by atoms with Crippen LogP contribution in [0.15, 0.2) is 36.4 Å². The van der Waals surface area contributed by atoms with Crippen molar-refractivity contribution in [2.24, 2.45) is 0 Å². The molecule has 11 heteroatoms. The average Bonchev–Trinajstić information content (AvgIpc) is 3.18. The molecular formula is C24H20N2O9. The maximum Gasteiger partial charge on any atom is 0.302 e. The Labute approximate surface area is 199 Å². The van der Waals surface area contributed by atoms with Crippen molar-refractivity contribution in [2.75, 3.05) is 26.3 Å². The first-order chi connectivity index (χ1) is 16.7. The number of benzene rings is 2. The summed E-state index contributed by atoms with van der Waals surface area (Å²) in [5, 5.41) is 0. The Morgan fingerprint density at radius 3 is 1.37 bits per heavy atom.